The van der Waals surface area contributed by atoms with Gasteiger partial charge in [0.05, 0.1) is 12.5 Å². The van der Waals surface area contributed by atoms with Gasteiger partial charge in [0.1, 0.15) is 0 Å². The lowest BCUT2D eigenvalue weighted by molar-refractivity contribution is 0.518. The van der Waals surface area contributed by atoms with Gasteiger partial charge in [-0.15, -0.1) is 0 Å². The van der Waals surface area contributed by atoms with Gasteiger partial charge in [0, 0.05) is 6.04 Å². The lowest BCUT2D eigenvalue weighted by Crippen LogP contribution is -2.24. The summed E-state index contributed by atoms with van der Waals surface area (Å²) in [6.07, 6.45) is 5.70. The van der Waals surface area contributed by atoms with Crippen LogP contribution in [0.1, 0.15) is 41.6 Å². The summed E-state index contributed by atoms with van der Waals surface area (Å²) in [6, 6.07) is 9.08. The number of nitrogens with one attached hydrogen (secondary N) is 1. The van der Waals surface area contributed by atoms with Gasteiger partial charge in [-0.1, -0.05) is 30.7 Å². The van der Waals surface area contributed by atoms with Gasteiger partial charge in [-0.2, -0.15) is 0 Å². The van der Waals surface area contributed by atoms with Crippen LogP contribution in [0.25, 0.3) is 0 Å². The first-order chi connectivity index (χ1) is 9.20. The molecule has 2 heteroatoms. The number of aryl methyl sites for hydroxylation is 2. The highest BCUT2D eigenvalue weighted by atomic mass is 16.3. The first-order valence-corrected chi connectivity index (χ1v) is 7.02. The van der Waals surface area contributed by atoms with Crippen molar-refractivity contribution in [3.63, 3.8) is 0 Å². The first-order valence-electron chi connectivity index (χ1n) is 7.02. The molecule has 1 N–H and O–H groups in total. The largest absolute Gasteiger partial charge is 0.472 e. The molecule has 19 heavy (non-hydrogen) atoms. The van der Waals surface area contributed by atoms with E-state index in [2.05, 4.69) is 44.3 Å². The van der Waals surface area contributed by atoms with Gasteiger partial charge in [-0.25, -0.2) is 0 Å². The zero-order valence-corrected chi connectivity index (χ0v) is 12.1. The lowest BCUT2D eigenvalue weighted by Gasteiger charge is -2.21. The van der Waals surface area contributed by atoms with E-state index in [1.165, 1.54) is 22.3 Å². The van der Waals surface area contributed by atoms with Crippen LogP contribution in [-0.4, -0.2) is 6.54 Å². The predicted molar refractivity (Wildman–Crippen MR) is 79.4 cm³/mol. The van der Waals surface area contributed by atoms with Crippen LogP contribution >= 0.6 is 0 Å². The molecule has 1 unspecified atom stereocenters. The van der Waals surface area contributed by atoms with Crippen molar-refractivity contribution < 1.29 is 4.42 Å². The molecule has 2 nitrogen and oxygen atoms in total. The molecule has 2 aromatic rings. The molecule has 1 atom stereocenters. The van der Waals surface area contributed by atoms with Crippen LogP contribution in [-0.2, 0) is 6.42 Å². The quantitative estimate of drug-likeness (QED) is 0.839. The number of hydrogen-bond acceptors (Lipinski definition) is 2. The van der Waals surface area contributed by atoms with E-state index >= 15 is 0 Å². The maximum Gasteiger partial charge on any atom is 0.0935 e. The summed E-state index contributed by atoms with van der Waals surface area (Å²) in [4.78, 5) is 0. The van der Waals surface area contributed by atoms with Crippen LogP contribution in [0.4, 0.5) is 0 Å². The third-order valence-electron chi connectivity index (χ3n) is 3.47. The molecule has 1 heterocycles. The van der Waals surface area contributed by atoms with Crippen molar-refractivity contribution in [2.75, 3.05) is 6.54 Å². The van der Waals surface area contributed by atoms with Crippen molar-refractivity contribution in [2.45, 2.75) is 39.7 Å². The van der Waals surface area contributed by atoms with Gasteiger partial charge in [0.25, 0.3) is 0 Å². The molecule has 0 spiro atoms. The Morgan fingerprint density at radius 3 is 2.74 bits per heavy atom. The molecule has 0 radical (unpaired) electrons. The van der Waals surface area contributed by atoms with E-state index in [0.717, 1.165) is 19.4 Å². The molecule has 0 aliphatic carbocycles. The van der Waals surface area contributed by atoms with Crippen molar-refractivity contribution in [1.82, 2.24) is 5.32 Å². The van der Waals surface area contributed by atoms with Crippen LogP contribution in [0.5, 0.6) is 0 Å². The average Bonchev–Trinajstić information content (AvgIpc) is 2.90. The summed E-state index contributed by atoms with van der Waals surface area (Å²) in [7, 11) is 0. The zero-order chi connectivity index (χ0) is 13.7. The molecule has 2 rings (SSSR count). The SMILES string of the molecule is CCCNC(Cc1ccoc1)c1cc(C)ccc1C. The average molecular weight is 257 g/mol. The molecule has 1 aromatic carbocycles. The maximum atomic E-state index is 5.18. The van der Waals surface area contributed by atoms with Crippen molar-refractivity contribution >= 4 is 0 Å². The molecular formula is C17H23NO. The maximum absolute atomic E-state index is 5.18. The van der Waals surface area contributed by atoms with Gasteiger partial charge in [0.15, 0.2) is 0 Å². The fraction of sp³-hybridized carbons (Fsp3) is 0.412. The monoisotopic (exact) mass is 257 g/mol. The van der Waals surface area contributed by atoms with E-state index in [9.17, 15) is 0 Å². The third kappa shape index (κ3) is 3.71. The molecule has 0 saturated heterocycles. The molecule has 0 aliphatic heterocycles. The molecule has 0 bridgehead atoms. The van der Waals surface area contributed by atoms with Crippen LogP contribution in [0.2, 0.25) is 0 Å². The van der Waals surface area contributed by atoms with Crippen LogP contribution in [0.3, 0.4) is 0 Å². The Kier molecular flexibility index (Phi) is 4.80. The summed E-state index contributed by atoms with van der Waals surface area (Å²) in [5.41, 5.74) is 5.31. The standard InChI is InChI=1S/C17H23NO/c1-4-8-18-17(11-15-7-9-19-12-15)16-10-13(2)5-6-14(16)3/h5-7,9-10,12,17-18H,4,8,11H2,1-3H3. The van der Waals surface area contributed by atoms with Gasteiger partial charge in [-0.05, 0) is 56.0 Å². The highest BCUT2D eigenvalue weighted by molar-refractivity contribution is 5.34. The zero-order valence-electron chi connectivity index (χ0n) is 12.1. The number of rotatable bonds is 6. The van der Waals surface area contributed by atoms with Crippen molar-refractivity contribution in [3.05, 3.63) is 59.0 Å². The van der Waals surface area contributed by atoms with Crippen LogP contribution < -0.4 is 5.32 Å². The summed E-state index contributed by atoms with van der Waals surface area (Å²) in [5, 5.41) is 3.65. The third-order valence-corrected chi connectivity index (χ3v) is 3.47. The summed E-state index contributed by atoms with van der Waals surface area (Å²) >= 11 is 0. The summed E-state index contributed by atoms with van der Waals surface area (Å²) in [5.74, 6) is 0. The fourth-order valence-corrected chi connectivity index (χ4v) is 2.39. The summed E-state index contributed by atoms with van der Waals surface area (Å²) < 4.78 is 5.18. The Hall–Kier alpha value is -1.54. The molecule has 0 saturated carbocycles. The minimum absolute atomic E-state index is 0.359. The molecule has 1 aromatic heterocycles. The second-order valence-corrected chi connectivity index (χ2v) is 5.20. The second kappa shape index (κ2) is 6.58. The molecule has 0 amide bonds. The minimum Gasteiger partial charge on any atom is -0.472 e. The predicted octanol–water partition coefficient (Wildman–Crippen LogP) is 4.18. The Bertz CT molecular complexity index is 502. The molecule has 0 fully saturated rings. The topological polar surface area (TPSA) is 25.2 Å². The van der Waals surface area contributed by atoms with E-state index < -0.39 is 0 Å². The number of hydrogen-bond donors (Lipinski definition) is 1. The lowest BCUT2D eigenvalue weighted by atomic mass is 9.94. The minimum atomic E-state index is 0.359. The van der Waals surface area contributed by atoms with Crippen LogP contribution in [0.15, 0.2) is 41.2 Å². The first kappa shape index (κ1) is 13.9. The highest BCUT2D eigenvalue weighted by Crippen LogP contribution is 2.23. The van der Waals surface area contributed by atoms with E-state index in [-0.39, 0.29) is 0 Å². The Labute approximate surface area is 115 Å². The van der Waals surface area contributed by atoms with Gasteiger partial charge in [0.2, 0.25) is 0 Å². The Morgan fingerprint density at radius 1 is 1.21 bits per heavy atom. The van der Waals surface area contributed by atoms with E-state index in [1.54, 1.807) is 6.26 Å². The van der Waals surface area contributed by atoms with E-state index in [1.807, 2.05) is 12.3 Å². The molecular weight excluding hydrogens is 234 g/mol. The van der Waals surface area contributed by atoms with Crippen molar-refractivity contribution in [3.8, 4) is 0 Å². The normalized spacial score (nSPS) is 12.6. The Balaban J connectivity index is 2.23. The molecule has 0 aliphatic rings. The smallest absolute Gasteiger partial charge is 0.0935 e. The van der Waals surface area contributed by atoms with E-state index in [4.69, 9.17) is 4.42 Å². The van der Waals surface area contributed by atoms with Gasteiger partial charge < -0.3 is 9.73 Å². The number of benzene rings is 1. The van der Waals surface area contributed by atoms with Crippen molar-refractivity contribution in [1.29, 1.82) is 0 Å². The Morgan fingerprint density at radius 2 is 2.05 bits per heavy atom. The van der Waals surface area contributed by atoms with Gasteiger partial charge in [-0.3, -0.25) is 0 Å². The van der Waals surface area contributed by atoms with Gasteiger partial charge >= 0.3 is 0 Å². The highest BCUT2D eigenvalue weighted by Gasteiger charge is 2.14. The van der Waals surface area contributed by atoms with Crippen LogP contribution in [0, 0.1) is 13.8 Å². The van der Waals surface area contributed by atoms with E-state index in [0.29, 0.717) is 6.04 Å². The second-order valence-electron chi connectivity index (χ2n) is 5.20. The molecule has 102 valence electrons. The number of furan rings is 1. The summed E-state index contributed by atoms with van der Waals surface area (Å²) in [6.45, 7) is 7.57. The fourth-order valence-electron chi connectivity index (χ4n) is 2.39. The van der Waals surface area contributed by atoms with Crippen molar-refractivity contribution in [2.24, 2.45) is 0 Å².